The second-order valence-corrected chi connectivity index (χ2v) is 3.12. The van der Waals surface area contributed by atoms with Crippen molar-refractivity contribution in [2.24, 2.45) is 0 Å². The molecular formula is C10H14NO2. The van der Waals surface area contributed by atoms with E-state index in [1.165, 1.54) is 4.90 Å². The third kappa shape index (κ3) is 2.17. The Morgan fingerprint density at radius 1 is 1.46 bits per heavy atom. The Balaban J connectivity index is 2.58. The lowest BCUT2D eigenvalue weighted by Gasteiger charge is -2.20. The summed E-state index contributed by atoms with van der Waals surface area (Å²) in [6, 6.07) is -0.237. The van der Waals surface area contributed by atoms with Crippen molar-refractivity contribution >= 4 is 11.8 Å². The van der Waals surface area contributed by atoms with Gasteiger partial charge < -0.3 is 0 Å². The summed E-state index contributed by atoms with van der Waals surface area (Å²) in [5, 5.41) is 0. The summed E-state index contributed by atoms with van der Waals surface area (Å²) in [5.74, 6) is -0.177. The van der Waals surface area contributed by atoms with Gasteiger partial charge in [-0.25, -0.2) is 0 Å². The Morgan fingerprint density at radius 3 is 2.46 bits per heavy atom. The maximum Gasteiger partial charge on any atom is 0.229 e. The molecule has 0 N–H and O–H groups in total. The smallest absolute Gasteiger partial charge is 0.229 e. The highest BCUT2D eigenvalue weighted by Gasteiger charge is 2.31. The standard InChI is InChI=1S/C10H14NO2/c1-3-4-5-8(2)11-9(12)6-7-10(11)13/h3-4,8H,2,5-7H2,1H3. The molecule has 0 saturated carbocycles. The lowest BCUT2D eigenvalue weighted by molar-refractivity contribution is -0.139. The van der Waals surface area contributed by atoms with E-state index in [0.717, 1.165) is 0 Å². The van der Waals surface area contributed by atoms with Crippen molar-refractivity contribution < 1.29 is 9.59 Å². The van der Waals surface area contributed by atoms with E-state index in [0.29, 0.717) is 19.3 Å². The minimum absolute atomic E-state index is 0.0884. The summed E-state index contributed by atoms with van der Waals surface area (Å²) >= 11 is 0. The molecule has 3 nitrogen and oxygen atoms in total. The summed E-state index contributed by atoms with van der Waals surface area (Å²) in [4.78, 5) is 23.7. The van der Waals surface area contributed by atoms with E-state index in [1.54, 1.807) is 0 Å². The van der Waals surface area contributed by atoms with E-state index >= 15 is 0 Å². The van der Waals surface area contributed by atoms with Crippen LogP contribution in [0.5, 0.6) is 0 Å². The number of carbonyl (C=O) groups excluding carboxylic acids is 2. The highest BCUT2D eigenvalue weighted by atomic mass is 16.2. The van der Waals surface area contributed by atoms with Crippen LogP contribution in [0.25, 0.3) is 0 Å². The number of imide groups is 1. The molecule has 0 aliphatic carbocycles. The van der Waals surface area contributed by atoms with Crippen LogP contribution in [0.4, 0.5) is 0 Å². The fourth-order valence-corrected chi connectivity index (χ4v) is 1.40. The molecule has 1 unspecified atom stereocenters. The molecule has 0 spiro atoms. The molecule has 0 aromatic heterocycles. The Morgan fingerprint density at radius 2 is 2.00 bits per heavy atom. The van der Waals surface area contributed by atoms with Crippen LogP contribution in [-0.2, 0) is 9.59 Å². The van der Waals surface area contributed by atoms with Gasteiger partial charge in [-0.3, -0.25) is 14.5 Å². The predicted molar refractivity (Wildman–Crippen MR) is 49.7 cm³/mol. The first-order chi connectivity index (χ1) is 6.16. The molecule has 1 atom stereocenters. The third-order valence-electron chi connectivity index (χ3n) is 2.10. The number of allylic oxidation sites excluding steroid dienone is 1. The molecule has 0 aromatic carbocycles. The second-order valence-electron chi connectivity index (χ2n) is 3.12. The number of hydrogen-bond donors (Lipinski definition) is 0. The molecule has 1 aliphatic rings. The van der Waals surface area contributed by atoms with E-state index in [4.69, 9.17) is 0 Å². The minimum Gasteiger partial charge on any atom is -0.279 e. The molecular weight excluding hydrogens is 166 g/mol. The Hall–Kier alpha value is -1.12. The van der Waals surface area contributed by atoms with E-state index in [9.17, 15) is 9.59 Å². The first-order valence-electron chi connectivity index (χ1n) is 4.46. The largest absolute Gasteiger partial charge is 0.279 e. The fraction of sp³-hybridized carbons (Fsp3) is 0.500. The summed E-state index contributed by atoms with van der Waals surface area (Å²) in [6.07, 6.45) is 5.15. The topological polar surface area (TPSA) is 37.4 Å². The van der Waals surface area contributed by atoms with Crippen LogP contribution >= 0.6 is 0 Å². The van der Waals surface area contributed by atoms with Crippen LogP contribution in [0.1, 0.15) is 26.2 Å². The molecule has 1 rings (SSSR count). The molecule has 0 bridgehead atoms. The van der Waals surface area contributed by atoms with Crippen molar-refractivity contribution in [2.45, 2.75) is 32.2 Å². The Labute approximate surface area is 78.4 Å². The minimum atomic E-state index is -0.237. The van der Waals surface area contributed by atoms with Crippen molar-refractivity contribution in [1.82, 2.24) is 4.90 Å². The number of likely N-dealkylation sites (tertiary alicyclic amines) is 1. The number of hydrogen-bond acceptors (Lipinski definition) is 2. The molecule has 13 heavy (non-hydrogen) atoms. The zero-order valence-electron chi connectivity index (χ0n) is 7.82. The fourth-order valence-electron chi connectivity index (χ4n) is 1.40. The van der Waals surface area contributed by atoms with Gasteiger partial charge in [0.1, 0.15) is 0 Å². The summed E-state index contributed by atoms with van der Waals surface area (Å²) in [5.41, 5.74) is 0. The lowest BCUT2D eigenvalue weighted by atomic mass is 10.2. The molecule has 71 valence electrons. The van der Waals surface area contributed by atoms with E-state index < -0.39 is 0 Å². The third-order valence-corrected chi connectivity index (χ3v) is 2.10. The zero-order valence-corrected chi connectivity index (χ0v) is 7.82. The van der Waals surface area contributed by atoms with Crippen LogP contribution < -0.4 is 0 Å². The monoisotopic (exact) mass is 180 g/mol. The Kier molecular flexibility index (Phi) is 3.23. The predicted octanol–water partition coefficient (Wildman–Crippen LogP) is 1.30. The normalized spacial score (nSPS) is 20.3. The molecule has 2 amide bonds. The maximum absolute atomic E-state index is 11.2. The average Bonchev–Trinajstić information content (AvgIpc) is 2.42. The first-order valence-corrected chi connectivity index (χ1v) is 4.46. The molecule has 1 saturated heterocycles. The van der Waals surface area contributed by atoms with Gasteiger partial charge in [0, 0.05) is 18.9 Å². The highest BCUT2D eigenvalue weighted by molar-refractivity contribution is 6.02. The zero-order chi connectivity index (χ0) is 9.84. The van der Waals surface area contributed by atoms with Crippen molar-refractivity contribution in [3.63, 3.8) is 0 Å². The van der Waals surface area contributed by atoms with Gasteiger partial charge in [0.2, 0.25) is 11.8 Å². The van der Waals surface area contributed by atoms with Gasteiger partial charge in [-0.05, 0) is 20.3 Å². The molecule has 3 heteroatoms. The van der Waals surface area contributed by atoms with E-state index in [1.807, 2.05) is 19.1 Å². The van der Waals surface area contributed by atoms with Crippen molar-refractivity contribution in [3.05, 3.63) is 19.1 Å². The molecule has 1 fully saturated rings. The summed E-state index contributed by atoms with van der Waals surface area (Å²) in [7, 11) is 0. The van der Waals surface area contributed by atoms with Crippen LogP contribution in [0, 0.1) is 6.92 Å². The SMILES string of the molecule is [CH2]C(CC=CC)N1C(=O)CCC1=O. The van der Waals surface area contributed by atoms with Crippen molar-refractivity contribution in [3.8, 4) is 0 Å². The summed E-state index contributed by atoms with van der Waals surface area (Å²) < 4.78 is 0. The van der Waals surface area contributed by atoms with Crippen molar-refractivity contribution in [2.75, 3.05) is 0 Å². The maximum atomic E-state index is 11.2. The highest BCUT2D eigenvalue weighted by Crippen LogP contribution is 2.16. The second kappa shape index (κ2) is 4.21. The number of carbonyl (C=O) groups is 2. The van der Waals surface area contributed by atoms with Gasteiger partial charge in [0.25, 0.3) is 0 Å². The van der Waals surface area contributed by atoms with Crippen LogP contribution in [0.3, 0.4) is 0 Å². The van der Waals surface area contributed by atoms with Crippen LogP contribution in [0.15, 0.2) is 12.2 Å². The summed E-state index contributed by atoms with van der Waals surface area (Å²) in [6.45, 7) is 5.69. The molecule has 0 aromatic rings. The van der Waals surface area contributed by atoms with Crippen LogP contribution in [-0.4, -0.2) is 22.8 Å². The number of nitrogens with zero attached hydrogens (tertiary/aromatic N) is 1. The van der Waals surface area contributed by atoms with Gasteiger partial charge >= 0.3 is 0 Å². The van der Waals surface area contributed by atoms with Gasteiger partial charge in [-0.15, -0.1) is 0 Å². The molecule has 1 radical (unpaired) electrons. The number of rotatable bonds is 3. The van der Waals surface area contributed by atoms with E-state index in [2.05, 4.69) is 6.92 Å². The van der Waals surface area contributed by atoms with Gasteiger partial charge in [-0.2, -0.15) is 0 Å². The van der Waals surface area contributed by atoms with Crippen molar-refractivity contribution in [1.29, 1.82) is 0 Å². The van der Waals surface area contributed by atoms with Gasteiger partial charge in [-0.1, -0.05) is 12.2 Å². The lowest BCUT2D eigenvalue weighted by Crippen LogP contribution is -2.37. The average molecular weight is 180 g/mol. The quantitative estimate of drug-likeness (QED) is 0.485. The van der Waals surface area contributed by atoms with Crippen LogP contribution in [0.2, 0.25) is 0 Å². The Bertz CT molecular complexity index is 229. The van der Waals surface area contributed by atoms with Gasteiger partial charge in [0.05, 0.1) is 0 Å². The van der Waals surface area contributed by atoms with E-state index in [-0.39, 0.29) is 17.9 Å². The molecule has 1 aliphatic heterocycles. The number of amides is 2. The first kappa shape index (κ1) is 9.96. The molecule has 1 heterocycles. The van der Waals surface area contributed by atoms with Gasteiger partial charge in [0.15, 0.2) is 0 Å².